The fraction of sp³-hybridized carbons (Fsp3) is 0.0625. The summed E-state index contributed by atoms with van der Waals surface area (Å²) in [5, 5.41) is 6.25. The molecule has 2 aromatic carbocycles. The lowest BCUT2D eigenvalue weighted by Crippen LogP contribution is -2.04. The predicted molar refractivity (Wildman–Crippen MR) is 84.9 cm³/mol. The lowest BCUT2D eigenvalue weighted by atomic mass is 10.0. The van der Waals surface area contributed by atoms with Gasteiger partial charge in [0, 0.05) is 12.7 Å². The normalized spacial score (nSPS) is 10.7. The van der Waals surface area contributed by atoms with E-state index in [9.17, 15) is 0 Å². The Bertz CT molecular complexity index is 750. The lowest BCUT2D eigenvalue weighted by Gasteiger charge is -2.10. The van der Waals surface area contributed by atoms with E-state index in [0.29, 0.717) is 23.1 Å². The molecule has 0 atom stereocenters. The SMILES string of the molecule is Nc1cc(Cl)cnc1NCc1cccc2ccccc12. The number of nitrogens with zero attached hydrogens (tertiary/aromatic N) is 1. The third-order valence-electron chi connectivity index (χ3n) is 3.21. The Hall–Kier alpha value is -2.26. The van der Waals surface area contributed by atoms with Gasteiger partial charge in [0.25, 0.3) is 0 Å². The van der Waals surface area contributed by atoms with E-state index in [2.05, 4.69) is 40.6 Å². The molecule has 100 valence electrons. The van der Waals surface area contributed by atoms with Crippen LogP contribution in [-0.2, 0) is 6.54 Å². The number of anilines is 2. The molecule has 0 radical (unpaired) electrons. The van der Waals surface area contributed by atoms with Crippen LogP contribution in [0.5, 0.6) is 0 Å². The third-order valence-corrected chi connectivity index (χ3v) is 3.42. The van der Waals surface area contributed by atoms with Gasteiger partial charge in [-0.05, 0) is 22.4 Å². The highest BCUT2D eigenvalue weighted by atomic mass is 35.5. The van der Waals surface area contributed by atoms with Gasteiger partial charge in [0.1, 0.15) is 5.82 Å². The molecular weight excluding hydrogens is 270 g/mol. The minimum atomic E-state index is 0.540. The summed E-state index contributed by atoms with van der Waals surface area (Å²) in [5.74, 6) is 0.655. The standard InChI is InChI=1S/C16H14ClN3/c17-13-8-15(18)16(20-10-13)19-9-12-6-3-5-11-4-1-2-7-14(11)12/h1-8,10H,9,18H2,(H,19,20). The Morgan fingerprint density at radius 2 is 1.90 bits per heavy atom. The molecule has 1 aromatic heterocycles. The first kappa shape index (κ1) is 12.8. The number of hydrogen-bond acceptors (Lipinski definition) is 3. The Kier molecular flexibility index (Phi) is 3.44. The molecule has 0 amide bonds. The van der Waals surface area contributed by atoms with E-state index in [1.165, 1.54) is 16.3 Å². The maximum atomic E-state index is 5.89. The fourth-order valence-corrected chi connectivity index (χ4v) is 2.39. The largest absolute Gasteiger partial charge is 0.396 e. The molecule has 20 heavy (non-hydrogen) atoms. The van der Waals surface area contributed by atoms with Crippen LogP contribution >= 0.6 is 11.6 Å². The topological polar surface area (TPSA) is 50.9 Å². The first-order valence-electron chi connectivity index (χ1n) is 6.35. The van der Waals surface area contributed by atoms with Gasteiger partial charge in [-0.1, -0.05) is 54.1 Å². The van der Waals surface area contributed by atoms with Gasteiger partial charge >= 0.3 is 0 Å². The number of rotatable bonds is 3. The number of nitrogen functional groups attached to an aromatic ring is 1. The molecule has 0 fully saturated rings. The van der Waals surface area contributed by atoms with E-state index >= 15 is 0 Å². The summed E-state index contributed by atoms with van der Waals surface area (Å²) in [4.78, 5) is 4.20. The minimum absolute atomic E-state index is 0.540. The summed E-state index contributed by atoms with van der Waals surface area (Å²) in [6.45, 7) is 0.667. The Labute approximate surface area is 122 Å². The van der Waals surface area contributed by atoms with Crippen LogP contribution in [0.15, 0.2) is 54.7 Å². The van der Waals surface area contributed by atoms with Gasteiger partial charge in [0.05, 0.1) is 10.7 Å². The van der Waals surface area contributed by atoms with Crippen molar-refractivity contribution in [2.45, 2.75) is 6.54 Å². The van der Waals surface area contributed by atoms with Gasteiger partial charge in [-0.15, -0.1) is 0 Å². The van der Waals surface area contributed by atoms with Gasteiger partial charge in [-0.2, -0.15) is 0 Å². The number of aromatic nitrogens is 1. The van der Waals surface area contributed by atoms with E-state index < -0.39 is 0 Å². The van der Waals surface area contributed by atoms with Gasteiger partial charge in [-0.3, -0.25) is 0 Å². The monoisotopic (exact) mass is 283 g/mol. The average molecular weight is 284 g/mol. The number of fused-ring (bicyclic) bond motifs is 1. The fourth-order valence-electron chi connectivity index (χ4n) is 2.23. The van der Waals surface area contributed by atoms with Crippen molar-refractivity contribution in [1.29, 1.82) is 0 Å². The van der Waals surface area contributed by atoms with Crippen molar-refractivity contribution in [3.63, 3.8) is 0 Å². The summed E-state index contributed by atoms with van der Waals surface area (Å²) < 4.78 is 0. The van der Waals surface area contributed by atoms with E-state index in [4.69, 9.17) is 17.3 Å². The van der Waals surface area contributed by atoms with Crippen LogP contribution in [-0.4, -0.2) is 4.98 Å². The molecule has 0 aliphatic carbocycles. The molecule has 0 bridgehead atoms. The smallest absolute Gasteiger partial charge is 0.149 e. The van der Waals surface area contributed by atoms with Crippen LogP contribution in [0.25, 0.3) is 10.8 Å². The summed E-state index contributed by atoms with van der Waals surface area (Å²) in [6.07, 6.45) is 1.59. The highest BCUT2D eigenvalue weighted by Gasteiger charge is 2.03. The van der Waals surface area contributed by atoms with Crippen LogP contribution in [0.2, 0.25) is 5.02 Å². The first-order chi connectivity index (χ1) is 9.74. The molecular formula is C16H14ClN3. The summed E-state index contributed by atoms with van der Waals surface area (Å²) in [5.41, 5.74) is 7.65. The number of hydrogen-bond donors (Lipinski definition) is 2. The minimum Gasteiger partial charge on any atom is -0.396 e. The number of pyridine rings is 1. The number of benzene rings is 2. The van der Waals surface area contributed by atoms with Crippen molar-refractivity contribution < 1.29 is 0 Å². The molecule has 1 heterocycles. The van der Waals surface area contributed by atoms with Crippen molar-refractivity contribution in [3.05, 3.63) is 65.3 Å². The summed E-state index contributed by atoms with van der Waals surface area (Å²) in [6, 6.07) is 16.3. The lowest BCUT2D eigenvalue weighted by molar-refractivity contribution is 1.13. The molecule has 3 rings (SSSR count). The molecule has 0 saturated heterocycles. The van der Waals surface area contributed by atoms with Crippen LogP contribution in [0.3, 0.4) is 0 Å². The second-order valence-corrected chi connectivity index (χ2v) is 5.02. The van der Waals surface area contributed by atoms with Gasteiger partial charge in [-0.25, -0.2) is 4.98 Å². The van der Waals surface area contributed by atoms with Crippen LogP contribution < -0.4 is 11.1 Å². The zero-order chi connectivity index (χ0) is 13.9. The van der Waals surface area contributed by atoms with E-state index in [1.54, 1.807) is 12.3 Å². The number of halogens is 1. The average Bonchev–Trinajstić information content (AvgIpc) is 2.46. The van der Waals surface area contributed by atoms with Crippen LogP contribution in [0, 0.1) is 0 Å². The molecule has 4 heteroatoms. The van der Waals surface area contributed by atoms with Gasteiger partial charge < -0.3 is 11.1 Å². The van der Waals surface area contributed by atoms with E-state index in [0.717, 1.165) is 0 Å². The quantitative estimate of drug-likeness (QED) is 0.761. The molecule has 3 nitrogen and oxygen atoms in total. The molecule has 3 N–H and O–H groups in total. The van der Waals surface area contributed by atoms with Crippen LogP contribution in [0.1, 0.15) is 5.56 Å². The zero-order valence-corrected chi connectivity index (χ0v) is 11.6. The Morgan fingerprint density at radius 3 is 2.75 bits per heavy atom. The summed E-state index contributed by atoms with van der Waals surface area (Å²) >= 11 is 5.84. The molecule has 0 aliphatic rings. The highest BCUT2D eigenvalue weighted by Crippen LogP contribution is 2.22. The maximum absolute atomic E-state index is 5.89. The zero-order valence-electron chi connectivity index (χ0n) is 10.8. The molecule has 3 aromatic rings. The van der Waals surface area contributed by atoms with Crippen molar-refractivity contribution in [2.75, 3.05) is 11.1 Å². The summed E-state index contributed by atoms with van der Waals surface area (Å²) in [7, 11) is 0. The third kappa shape index (κ3) is 2.53. The molecule has 0 saturated carbocycles. The Morgan fingerprint density at radius 1 is 1.10 bits per heavy atom. The van der Waals surface area contributed by atoms with E-state index in [-0.39, 0.29) is 0 Å². The van der Waals surface area contributed by atoms with Crippen molar-refractivity contribution in [2.24, 2.45) is 0 Å². The molecule has 0 spiro atoms. The van der Waals surface area contributed by atoms with Gasteiger partial charge in [0.15, 0.2) is 0 Å². The van der Waals surface area contributed by atoms with Crippen molar-refractivity contribution in [1.82, 2.24) is 4.98 Å². The molecule has 0 unspecified atom stereocenters. The number of nitrogens with one attached hydrogen (secondary N) is 1. The van der Waals surface area contributed by atoms with Crippen molar-refractivity contribution in [3.8, 4) is 0 Å². The second kappa shape index (κ2) is 5.39. The van der Waals surface area contributed by atoms with Crippen LogP contribution in [0.4, 0.5) is 11.5 Å². The Balaban J connectivity index is 1.87. The first-order valence-corrected chi connectivity index (χ1v) is 6.73. The van der Waals surface area contributed by atoms with E-state index in [1.807, 2.05) is 12.1 Å². The second-order valence-electron chi connectivity index (χ2n) is 4.58. The highest BCUT2D eigenvalue weighted by molar-refractivity contribution is 6.30. The predicted octanol–water partition coefficient (Wildman–Crippen LogP) is 4.08. The maximum Gasteiger partial charge on any atom is 0.149 e. The van der Waals surface area contributed by atoms with Gasteiger partial charge in [0.2, 0.25) is 0 Å². The number of nitrogens with two attached hydrogens (primary N) is 1. The van der Waals surface area contributed by atoms with Crippen molar-refractivity contribution >= 4 is 33.9 Å². The molecule has 0 aliphatic heterocycles.